The highest BCUT2D eigenvalue weighted by Crippen LogP contribution is 2.33. The van der Waals surface area contributed by atoms with Crippen LogP contribution in [0.25, 0.3) is 10.1 Å². The number of hydrogen-bond donors (Lipinski definition) is 2. The van der Waals surface area contributed by atoms with Crippen LogP contribution in [-0.4, -0.2) is 30.3 Å². The molecule has 3 heterocycles. The largest absolute Gasteiger partial charge is 0.348 e. The Kier molecular flexibility index (Phi) is 3.44. The van der Waals surface area contributed by atoms with Gasteiger partial charge in [-0.15, -0.1) is 23.1 Å². The molecule has 0 aliphatic carbocycles. The Bertz CT molecular complexity index is 697. The van der Waals surface area contributed by atoms with Crippen molar-refractivity contribution in [1.82, 2.24) is 10.6 Å². The molecule has 1 amide bonds. The van der Waals surface area contributed by atoms with E-state index in [2.05, 4.69) is 28.3 Å². The number of carbonyl (C=O) groups is 1. The van der Waals surface area contributed by atoms with Crippen LogP contribution in [0.5, 0.6) is 0 Å². The van der Waals surface area contributed by atoms with Gasteiger partial charge in [0.1, 0.15) is 0 Å². The summed E-state index contributed by atoms with van der Waals surface area (Å²) in [6, 6.07) is 7.43. The molecule has 2 fully saturated rings. The van der Waals surface area contributed by atoms with Gasteiger partial charge in [0.2, 0.25) is 0 Å². The summed E-state index contributed by atoms with van der Waals surface area (Å²) in [4.78, 5) is 13.8. The van der Waals surface area contributed by atoms with Crippen LogP contribution in [0.1, 0.15) is 29.6 Å². The topological polar surface area (TPSA) is 41.1 Å². The number of nitrogens with one attached hydrogen (secondary N) is 2. The molecule has 2 N–H and O–H groups in total. The second kappa shape index (κ2) is 5.30. The van der Waals surface area contributed by atoms with E-state index >= 15 is 0 Å². The maximum absolute atomic E-state index is 12.5. The number of thiophene rings is 1. The molecule has 0 radical (unpaired) electrons. The van der Waals surface area contributed by atoms with Crippen molar-refractivity contribution in [2.45, 2.75) is 42.3 Å². The molecule has 2 aliphatic rings. The van der Waals surface area contributed by atoms with Gasteiger partial charge in [0.05, 0.1) is 0 Å². The van der Waals surface area contributed by atoms with Crippen LogP contribution in [-0.2, 0) is 0 Å². The van der Waals surface area contributed by atoms with Gasteiger partial charge in [-0.3, -0.25) is 4.79 Å². The van der Waals surface area contributed by atoms with Gasteiger partial charge in [0, 0.05) is 44.1 Å². The highest BCUT2D eigenvalue weighted by Gasteiger charge is 2.39. The quantitative estimate of drug-likeness (QED) is 0.854. The average Bonchev–Trinajstić information content (AvgIpc) is 3.21. The lowest BCUT2D eigenvalue weighted by atomic mass is 9.95. The van der Waals surface area contributed by atoms with Gasteiger partial charge in [-0.2, -0.15) is 0 Å². The van der Waals surface area contributed by atoms with Crippen LogP contribution in [0.3, 0.4) is 0 Å². The molecule has 2 aliphatic heterocycles. The van der Waals surface area contributed by atoms with Gasteiger partial charge in [0.15, 0.2) is 0 Å². The maximum Gasteiger partial charge on any atom is 0.251 e. The highest BCUT2D eigenvalue weighted by molar-refractivity contribution is 7.99. The average molecular weight is 318 g/mol. The lowest BCUT2D eigenvalue weighted by Gasteiger charge is -2.21. The molecule has 110 valence electrons. The minimum absolute atomic E-state index is 0.0644. The van der Waals surface area contributed by atoms with E-state index in [1.807, 2.05) is 12.1 Å². The van der Waals surface area contributed by atoms with Gasteiger partial charge in [0.25, 0.3) is 5.91 Å². The zero-order valence-corrected chi connectivity index (χ0v) is 13.5. The van der Waals surface area contributed by atoms with E-state index in [0.29, 0.717) is 18.1 Å². The van der Waals surface area contributed by atoms with Gasteiger partial charge in [-0.1, -0.05) is 0 Å². The van der Waals surface area contributed by atoms with Gasteiger partial charge in [-0.25, -0.2) is 0 Å². The molecule has 3 nitrogen and oxygen atoms in total. The van der Waals surface area contributed by atoms with Gasteiger partial charge >= 0.3 is 0 Å². The molecule has 3 atom stereocenters. The number of fused-ring (bicyclic) bond motifs is 3. The molecule has 2 aromatic rings. The fraction of sp³-hybridized carbons (Fsp3) is 0.438. The number of rotatable bonds is 3. The molecule has 4 rings (SSSR count). The Morgan fingerprint density at radius 1 is 1.43 bits per heavy atom. The van der Waals surface area contributed by atoms with Crippen molar-refractivity contribution in [2.24, 2.45) is 0 Å². The molecule has 1 aromatic heterocycles. The van der Waals surface area contributed by atoms with Gasteiger partial charge < -0.3 is 10.6 Å². The minimum Gasteiger partial charge on any atom is -0.348 e. The van der Waals surface area contributed by atoms with Crippen LogP contribution in [0.15, 0.2) is 28.5 Å². The van der Waals surface area contributed by atoms with Crippen LogP contribution >= 0.6 is 23.1 Å². The fourth-order valence-corrected chi connectivity index (χ4v) is 5.33. The standard InChI is InChI=1S/C16H18N2OS2/c1-20-15-8-21-14-5-2-9(6-11(14)15)16(19)18-13-7-10-3-4-12(13)17-10/h2,5-6,8,10,12-13,17H,3-4,7H2,1H3,(H,18,19)/t10-,12+,13-/m1/s1. The molecular weight excluding hydrogens is 300 g/mol. The molecule has 1 aromatic carbocycles. The van der Waals surface area contributed by atoms with Crippen molar-refractivity contribution in [2.75, 3.05) is 6.26 Å². The van der Waals surface area contributed by atoms with E-state index < -0.39 is 0 Å². The first-order valence-electron chi connectivity index (χ1n) is 7.37. The number of thioether (sulfide) groups is 1. The summed E-state index contributed by atoms with van der Waals surface area (Å²) < 4.78 is 1.25. The molecule has 2 bridgehead atoms. The van der Waals surface area contributed by atoms with E-state index in [1.165, 1.54) is 27.8 Å². The second-order valence-corrected chi connectivity index (χ2v) is 7.64. The van der Waals surface area contributed by atoms with E-state index in [4.69, 9.17) is 0 Å². The number of hydrogen-bond acceptors (Lipinski definition) is 4. The normalized spacial score (nSPS) is 27.4. The summed E-state index contributed by atoms with van der Waals surface area (Å²) >= 11 is 3.48. The lowest BCUT2D eigenvalue weighted by Crippen LogP contribution is -2.42. The molecule has 0 unspecified atom stereocenters. The summed E-state index contributed by atoms with van der Waals surface area (Å²) in [5.41, 5.74) is 0.777. The fourth-order valence-electron chi connectivity index (χ4n) is 3.54. The second-order valence-electron chi connectivity index (χ2n) is 5.88. The summed E-state index contributed by atoms with van der Waals surface area (Å²) in [6.07, 6.45) is 5.60. The SMILES string of the molecule is CSc1csc2ccc(C(=O)N[C@@H]3C[C@H]4CC[C@@H]3N4)cc12. The van der Waals surface area contributed by atoms with Crippen LogP contribution < -0.4 is 10.6 Å². The Balaban J connectivity index is 1.56. The van der Waals surface area contributed by atoms with Crippen molar-refractivity contribution in [3.8, 4) is 0 Å². The zero-order valence-electron chi connectivity index (χ0n) is 11.9. The van der Waals surface area contributed by atoms with Crippen LogP contribution in [0.2, 0.25) is 0 Å². The molecule has 5 heteroatoms. The Morgan fingerprint density at radius 3 is 3.05 bits per heavy atom. The van der Waals surface area contributed by atoms with E-state index in [0.717, 1.165) is 12.0 Å². The van der Waals surface area contributed by atoms with Crippen molar-refractivity contribution in [1.29, 1.82) is 0 Å². The number of benzene rings is 1. The van der Waals surface area contributed by atoms with E-state index in [-0.39, 0.29) is 5.91 Å². The first-order chi connectivity index (χ1) is 10.2. The zero-order chi connectivity index (χ0) is 14.4. The number of amides is 1. The first kappa shape index (κ1) is 13.6. The molecule has 0 spiro atoms. The summed E-state index contributed by atoms with van der Waals surface area (Å²) in [7, 11) is 0. The molecule has 0 saturated carbocycles. The predicted molar refractivity (Wildman–Crippen MR) is 89.4 cm³/mol. The monoisotopic (exact) mass is 318 g/mol. The van der Waals surface area contributed by atoms with Crippen molar-refractivity contribution in [3.63, 3.8) is 0 Å². The van der Waals surface area contributed by atoms with Gasteiger partial charge in [-0.05, 0) is 43.7 Å². The van der Waals surface area contributed by atoms with E-state index in [9.17, 15) is 4.79 Å². The highest BCUT2D eigenvalue weighted by atomic mass is 32.2. The van der Waals surface area contributed by atoms with Crippen molar-refractivity contribution < 1.29 is 4.79 Å². The number of carbonyl (C=O) groups excluding carboxylic acids is 1. The Hall–Kier alpha value is -1.04. The minimum atomic E-state index is 0.0644. The van der Waals surface area contributed by atoms with E-state index in [1.54, 1.807) is 23.1 Å². The molecule has 21 heavy (non-hydrogen) atoms. The molecular formula is C16H18N2OS2. The third kappa shape index (κ3) is 2.37. The summed E-state index contributed by atoms with van der Waals surface area (Å²) in [6.45, 7) is 0. The Morgan fingerprint density at radius 2 is 2.33 bits per heavy atom. The van der Waals surface area contributed by atoms with Crippen molar-refractivity contribution in [3.05, 3.63) is 29.1 Å². The smallest absolute Gasteiger partial charge is 0.251 e. The lowest BCUT2D eigenvalue weighted by molar-refractivity contribution is 0.0931. The molecule has 2 saturated heterocycles. The van der Waals surface area contributed by atoms with Crippen LogP contribution in [0.4, 0.5) is 0 Å². The predicted octanol–water partition coefficient (Wildman–Crippen LogP) is 3.25. The summed E-state index contributed by atoms with van der Waals surface area (Å²) in [5, 5.41) is 10.1. The summed E-state index contributed by atoms with van der Waals surface area (Å²) in [5.74, 6) is 0.0644. The first-order valence-corrected chi connectivity index (χ1v) is 9.47. The van der Waals surface area contributed by atoms with Crippen molar-refractivity contribution >= 4 is 39.1 Å². The third-order valence-electron chi connectivity index (χ3n) is 4.64. The third-order valence-corrected chi connectivity index (χ3v) is 6.53. The maximum atomic E-state index is 12.5. The van der Waals surface area contributed by atoms with Crippen LogP contribution in [0, 0.1) is 0 Å². The Labute approximate surface area is 132 Å².